The highest BCUT2D eigenvalue weighted by molar-refractivity contribution is 5.94. The lowest BCUT2D eigenvalue weighted by molar-refractivity contribution is 0.0657. The molecule has 0 radical (unpaired) electrons. The number of carboxylic acid groups (broad SMARTS) is 1. The molecule has 0 aliphatic heterocycles. The Labute approximate surface area is 225 Å². The van der Waals surface area contributed by atoms with Crippen LogP contribution in [-0.2, 0) is 13.0 Å². The number of unbranched alkanes of at least 4 members (excludes halogenated alkanes) is 1. The maximum Gasteiger partial charge on any atom is 0.354 e. The number of nitrogens with zero attached hydrogens (tertiary/aromatic N) is 5. The van der Waals surface area contributed by atoms with Crippen molar-refractivity contribution < 1.29 is 14.7 Å². The molecule has 0 amide bonds. The van der Waals surface area contributed by atoms with Crippen LogP contribution in [0.25, 0.3) is 22.5 Å². The summed E-state index contributed by atoms with van der Waals surface area (Å²) in [6, 6.07) is 15.5. The number of aromatic amines is 1. The lowest BCUT2D eigenvalue weighted by atomic mass is 9.88. The molecule has 202 valence electrons. The van der Waals surface area contributed by atoms with Gasteiger partial charge in [0.05, 0.1) is 12.2 Å². The maximum absolute atomic E-state index is 13.7. The van der Waals surface area contributed by atoms with Crippen molar-refractivity contribution in [1.29, 1.82) is 0 Å². The molecule has 1 aliphatic rings. The second-order valence-corrected chi connectivity index (χ2v) is 10.1. The van der Waals surface area contributed by atoms with Crippen LogP contribution in [0.4, 0.5) is 0 Å². The monoisotopic (exact) mass is 528 g/mol. The van der Waals surface area contributed by atoms with Gasteiger partial charge in [-0.2, -0.15) is 5.21 Å². The van der Waals surface area contributed by atoms with Gasteiger partial charge in [-0.25, -0.2) is 14.2 Å². The summed E-state index contributed by atoms with van der Waals surface area (Å²) >= 11 is 0. The third-order valence-corrected chi connectivity index (χ3v) is 7.51. The molecule has 0 unspecified atom stereocenters. The van der Waals surface area contributed by atoms with Gasteiger partial charge in [-0.05, 0) is 47.6 Å². The van der Waals surface area contributed by atoms with Crippen LogP contribution in [0, 0.1) is 5.92 Å². The van der Waals surface area contributed by atoms with E-state index < -0.39 is 11.7 Å². The van der Waals surface area contributed by atoms with Crippen molar-refractivity contribution in [2.24, 2.45) is 5.92 Å². The molecule has 2 heterocycles. The van der Waals surface area contributed by atoms with Gasteiger partial charge in [0.25, 0.3) is 0 Å². The summed E-state index contributed by atoms with van der Waals surface area (Å²) in [5, 5.41) is 24.5. The first kappa shape index (κ1) is 26.3. The molecule has 0 atom stereocenters. The summed E-state index contributed by atoms with van der Waals surface area (Å²) in [6.07, 6.45) is 6.23. The first-order chi connectivity index (χ1) is 19.0. The number of hydrogen-bond donors (Lipinski definition) is 2. The molecule has 10 nitrogen and oxygen atoms in total. The number of imidazole rings is 1. The summed E-state index contributed by atoms with van der Waals surface area (Å²) in [6.45, 7) is 2.19. The van der Waals surface area contributed by atoms with E-state index in [9.17, 15) is 19.5 Å². The summed E-state index contributed by atoms with van der Waals surface area (Å²) in [5.41, 5.74) is 3.19. The largest absolute Gasteiger partial charge is 0.477 e. The van der Waals surface area contributed by atoms with Crippen LogP contribution in [0.15, 0.2) is 53.3 Å². The lowest BCUT2D eigenvalue weighted by Gasteiger charge is -2.20. The van der Waals surface area contributed by atoms with E-state index >= 15 is 0 Å². The predicted molar refractivity (Wildman–Crippen MR) is 146 cm³/mol. The minimum absolute atomic E-state index is 0.176. The topological polar surface area (TPSA) is 136 Å². The predicted octanol–water partition coefficient (Wildman–Crippen LogP) is 4.81. The molecule has 1 fully saturated rings. The summed E-state index contributed by atoms with van der Waals surface area (Å²) < 4.78 is 2.42. The summed E-state index contributed by atoms with van der Waals surface area (Å²) in [4.78, 5) is 39.5. The number of benzene rings is 2. The van der Waals surface area contributed by atoms with Crippen molar-refractivity contribution in [3.8, 4) is 22.5 Å². The van der Waals surface area contributed by atoms with Crippen molar-refractivity contribution in [1.82, 2.24) is 29.8 Å². The Kier molecular flexibility index (Phi) is 7.81. The van der Waals surface area contributed by atoms with Gasteiger partial charge in [-0.3, -0.25) is 9.36 Å². The van der Waals surface area contributed by atoms with Gasteiger partial charge in [0.15, 0.2) is 5.69 Å². The minimum Gasteiger partial charge on any atom is -0.477 e. The third-order valence-electron chi connectivity index (χ3n) is 7.51. The van der Waals surface area contributed by atoms with Crippen LogP contribution >= 0.6 is 0 Å². The van der Waals surface area contributed by atoms with E-state index in [2.05, 4.69) is 20.6 Å². The Hall–Kier alpha value is -4.34. The summed E-state index contributed by atoms with van der Waals surface area (Å²) in [7, 11) is 0. The number of carbonyl (C=O) groups excluding carboxylic acids is 1. The number of H-pyrrole nitrogens is 1. The Balaban J connectivity index is 1.51. The average molecular weight is 529 g/mol. The number of rotatable bonds is 9. The van der Waals surface area contributed by atoms with Gasteiger partial charge < -0.3 is 5.11 Å². The van der Waals surface area contributed by atoms with E-state index in [1.807, 2.05) is 55.5 Å². The number of hydrogen-bond acceptors (Lipinski definition) is 6. The van der Waals surface area contributed by atoms with E-state index in [-0.39, 0.29) is 24.1 Å². The fraction of sp³-hybridized carbons (Fsp3) is 0.379. The number of aromatic carboxylic acids is 1. The fourth-order valence-electron chi connectivity index (χ4n) is 5.48. The van der Waals surface area contributed by atoms with Gasteiger partial charge in [0, 0.05) is 11.5 Å². The molecule has 0 spiro atoms. The fourth-order valence-corrected chi connectivity index (χ4v) is 5.48. The first-order valence-corrected chi connectivity index (χ1v) is 13.5. The molecule has 2 N–H and O–H groups in total. The zero-order valence-corrected chi connectivity index (χ0v) is 22.0. The Morgan fingerprint density at radius 1 is 1.03 bits per heavy atom. The molecule has 39 heavy (non-hydrogen) atoms. The van der Waals surface area contributed by atoms with Gasteiger partial charge in [-0.1, -0.05) is 81.1 Å². The molecule has 4 aromatic rings. The van der Waals surface area contributed by atoms with Crippen LogP contribution < -0.4 is 5.69 Å². The quantitative estimate of drug-likeness (QED) is 0.318. The smallest absolute Gasteiger partial charge is 0.354 e. The molecule has 2 aromatic heterocycles. The third kappa shape index (κ3) is 5.32. The number of tetrazole rings is 1. The molecular weight excluding hydrogens is 496 g/mol. The van der Waals surface area contributed by atoms with Gasteiger partial charge in [0.1, 0.15) is 0 Å². The molecule has 5 rings (SSSR count). The van der Waals surface area contributed by atoms with E-state index in [1.165, 1.54) is 4.57 Å². The van der Waals surface area contributed by atoms with E-state index in [4.69, 9.17) is 0 Å². The van der Waals surface area contributed by atoms with E-state index in [0.29, 0.717) is 37.2 Å². The number of carbonyl (C=O) groups is 2. The Morgan fingerprint density at radius 3 is 2.38 bits per heavy atom. The van der Waals surface area contributed by atoms with Crippen molar-refractivity contribution in [3.05, 3.63) is 76.0 Å². The van der Waals surface area contributed by atoms with Gasteiger partial charge in [0.2, 0.25) is 11.7 Å². The molecule has 1 aliphatic carbocycles. The molecule has 10 heteroatoms. The minimum atomic E-state index is -1.24. The highest BCUT2D eigenvalue weighted by atomic mass is 16.4. The zero-order chi connectivity index (χ0) is 27.4. The molecular formula is C29H32N6O4. The molecule has 2 aromatic carbocycles. The number of aromatic nitrogens is 6. The van der Waals surface area contributed by atoms with Crippen molar-refractivity contribution in [2.75, 3.05) is 0 Å². The van der Waals surface area contributed by atoms with Gasteiger partial charge >= 0.3 is 11.7 Å². The van der Waals surface area contributed by atoms with Gasteiger partial charge in [-0.15, -0.1) is 10.2 Å². The number of nitrogens with one attached hydrogen (secondary N) is 1. The Bertz CT molecular complexity index is 1510. The van der Waals surface area contributed by atoms with E-state index in [0.717, 1.165) is 52.5 Å². The second kappa shape index (κ2) is 11.6. The van der Waals surface area contributed by atoms with Crippen molar-refractivity contribution in [3.63, 3.8) is 0 Å². The van der Waals surface area contributed by atoms with Crippen LogP contribution in [0.2, 0.25) is 0 Å². The van der Waals surface area contributed by atoms with Crippen LogP contribution in [0.1, 0.15) is 78.4 Å². The highest BCUT2D eigenvalue weighted by Crippen LogP contribution is 2.30. The highest BCUT2D eigenvalue weighted by Gasteiger charge is 2.32. The first-order valence-electron chi connectivity index (χ1n) is 13.5. The lowest BCUT2D eigenvalue weighted by Crippen LogP contribution is -2.35. The van der Waals surface area contributed by atoms with Crippen molar-refractivity contribution in [2.45, 2.75) is 64.8 Å². The second-order valence-electron chi connectivity index (χ2n) is 10.1. The summed E-state index contributed by atoms with van der Waals surface area (Å²) in [5.74, 6) is -1.45. The number of carboxylic acids is 1. The standard InChI is InChI=1S/C29H32N6O4/c1-2-3-13-24-25(28(37)38)35(27(36)21-9-5-4-6-10-21)29(39)34(24)18-19-14-16-20(17-15-19)22-11-7-8-12-23(22)26-30-32-33-31-26/h7-8,11-12,14-17,21H,2-6,9-10,13,18H2,1H3,(H,37,38)(H,30,31,32,33). The average Bonchev–Trinajstić information content (AvgIpc) is 3.60. The molecule has 0 saturated heterocycles. The van der Waals surface area contributed by atoms with Crippen LogP contribution in [0.3, 0.4) is 0 Å². The molecule has 1 saturated carbocycles. The normalized spacial score (nSPS) is 14.0. The van der Waals surface area contributed by atoms with E-state index in [1.54, 1.807) is 0 Å². The zero-order valence-electron chi connectivity index (χ0n) is 22.0. The molecule has 0 bridgehead atoms. The SMILES string of the molecule is CCCCc1c(C(=O)O)n(C(=O)C2CCCCC2)c(=O)n1Cc1ccc(-c2ccccc2-c2nn[nH]n2)cc1. The van der Waals surface area contributed by atoms with Crippen LogP contribution in [-0.4, -0.2) is 46.7 Å². The maximum atomic E-state index is 13.7. The van der Waals surface area contributed by atoms with Crippen molar-refractivity contribution >= 4 is 11.9 Å². The van der Waals surface area contributed by atoms with Crippen LogP contribution in [0.5, 0.6) is 0 Å². The Morgan fingerprint density at radius 2 is 1.74 bits per heavy atom.